The number of nitrogens with one attached hydrogen (secondary N) is 2. The lowest BCUT2D eigenvalue weighted by molar-refractivity contribution is -0.122. The van der Waals surface area contributed by atoms with Crippen LogP contribution in [0.5, 0.6) is 0 Å². The number of amides is 1. The number of rotatable bonds is 5. The minimum atomic E-state index is -0.723. The molecule has 4 nitrogen and oxygen atoms in total. The van der Waals surface area contributed by atoms with Gasteiger partial charge in [-0.3, -0.25) is 10.1 Å². The van der Waals surface area contributed by atoms with Gasteiger partial charge in [-0.15, -0.1) is 6.42 Å². The summed E-state index contributed by atoms with van der Waals surface area (Å²) in [5, 5.41) is 15.9. The Morgan fingerprint density at radius 1 is 1.65 bits per heavy atom. The largest absolute Gasteiger partial charge is 0.388 e. The van der Waals surface area contributed by atoms with Gasteiger partial charge in [-0.05, 0) is 18.8 Å². The molecule has 0 bridgehead atoms. The lowest BCUT2D eigenvalue weighted by Gasteiger charge is -2.35. The van der Waals surface area contributed by atoms with Gasteiger partial charge >= 0.3 is 0 Å². The van der Waals surface area contributed by atoms with Gasteiger partial charge in [0.15, 0.2) is 0 Å². The standard InChI is InChI=1S/C13H22N2O2/c1-3-7-14-9-12(16)15-10-13(17)6-4-5-11(2)8-13/h1,11,14,17H,4-10H2,2H3,(H,15,16). The summed E-state index contributed by atoms with van der Waals surface area (Å²) >= 11 is 0. The summed E-state index contributed by atoms with van der Waals surface area (Å²) in [6.07, 6.45) is 8.80. The molecule has 0 aromatic carbocycles. The van der Waals surface area contributed by atoms with E-state index in [0.29, 0.717) is 19.0 Å². The first-order chi connectivity index (χ1) is 8.06. The Hall–Kier alpha value is -1.05. The molecule has 1 fully saturated rings. The monoisotopic (exact) mass is 238 g/mol. The van der Waals surface area contributed by atoms with Crippen molar-refractivity contribution < 1.29 is 9.90 Å². The van der Waals surface area contributed by atoms with Gasteiger partial charge in [0, 0.05) is 6.54 Å². The van der Waals surface area contributed by atoms with Crippen molar-refractivity contribution >= 4 is 5.91 Å². The summed E-state index contributed by atoms with van der Waals surface area (Å²) in [6.45, 7) is 3.07. The van der Waals surface area contributed by atoms with Gasteiger partial charge in [0.2, 0.25) is 5.91 Å². The highest BCUT2D eigenvalue weighted by Gasteiger charge is 2.32. The van der Waals surface area contributed by atoms with E-state index < -0.39 is 5.60 Å². The van der Waals surface area contributed by atoms with E-state index in [1.165, 1.54) is 6.42 Å². The third kappa shape index (κ3) is 5.20. The van der Waals surface area contributed by atoms with Crippen LogP contribution in [0.3, 0.4) is 0 Å². The molecule has 0 aromatic rings. The quantitative estimate of drug-likeness (QED) is 0.476. The minimum Gasteiger partial charge on any atom is -0.388 e. The predicted octanol–water partition coefficient (Wildman–Crippen LogP) is 0.267. The van der Waals surface area contributed by atoms with Crippen molar-refractivity contribution in [2.24, 2.45) is 5.92 Å². The van der Waals surface area contributed by atoms with Gasteiger partial charge in [-0.1, -0.05) is 25.7 Å². The highest BCUT2D eigenvalue weighted by molar-refractivity contribution is 5.78. The Morgan fingerprint density at radius 2 is 2.41 bits per heavy atom. The second-order valence-electron chi connectivity index (χ2n) is 5.01. The fourth-order valence-electron chi connectivity index (χ4n) is 2.37. The topological polar surface area (TPSA) is 61.4 Å². The van der Waals surface area contributed by atoms with Crippen molar-refractivity contribution in [2.75, 3.05) is 19.6 Å². The number of hydrogen-bond acceptors (Lipinski definition) is 3. The van der Waals surface area contributed by atoms with Crippen LogP contribution in [-0.2, 0) is 4.79 Å². The van der Waals surface area contributed by atoms with E-state index in [1.54, 1.807) is 0 Å². The van der Waals surface area contributed by atoms with E-state index in [0.717, 1.165) is 19.3 Å². The number of carbonyl (C=O) groups is 1. The summed E-state index contributed by atoms with van der Waals surface area (Å²) in [5.41, 5.74) is -0.723. The second-order valence-corrected chi connectivity index (χ2v) is 5.01. The molecule has 3 N–H and O–H groups in total. The second kappa shape index (κ2) is 6.63. The Morgan fingerprint density at radius 3 is 3.06 bits per heavy atom. The maximum Gasteiger partial charge on any atom is 0.234 e. The minimum absolute atomic E-state index is 0.119. The molecule has 0 aromatic heterocycles. The molecule has 1 aliphatic carbocycles. The summed E-state index contributed by atoms with van der Waals surface area (Å²) < 4.78 is 0. The maximum absolute atomic E-state index is 11.4. The van der Waals surface area contributed by atoms with E-state index in [2.05, 4.69) is 23.5 Å². The third-order valence-corrected chi connectivity index (χ3v) is 3.19. The number of carbonyl (C=O) groups excluding carboxylic acids is 1. The van der Waals surface area contributed by atoms with Crippen LogP contribution in [0, 0.1) is 18.3 Å². The van der Waals surface area contributed by atoms with Crippen molar-refractivity contribution in [1.82, 2.24) is 10.6 Å². The van der Waals surface area contributed by atoms with Crippen molar-refractivity contribution in [3.8, 4) is 12.3 Å². The summed E-state index contributed by atoms with van der Waals surface area (Å²) in [7, 11) is 0. The number of aliphatic hydroxyl groups is 1. The Kier molecular flexibility index (Phi) is 5.46. The van der Waals surface area contributed by atoms with E-state index in [9.17, 15) is 9.90 Å². The van der Waals surface area contributed by atoms with Crippen LogP contribution in [0.4, 0.5) is 0 Å². The van der Waals surface area contributed by atoms with E-state index in [4.69, 9.17) is 6.42 Å². The zero-order valence-electron chi connectivity index (χ0n) is 10.5. The SMILES string of the molecule is C#CCNCC(=O)NCC1(O)CCCC(C)C1. The average molecular weight is 238 g/mol. The van der Waals surface area contributed by atoms with Crippen molar-refractivity contribution in [3.05, 3.63) is 0 Å². The van der Waals surface area contributed by atoms with Gasteiger partial charge in [0.25, 0.3) is 0 Å². The van der Waals surface area contributed by atoms with Gasteiger partial charge in [0.1, 0.15) is 0 Å². The molecule has 4 heteroatoms. The van der Waals surface area contributed by atoms with Crippen LogP contribution >= 0.6 is 0 Å². The van der Waals surface area contributed by atoms with Gasteiger partial charge < -0.3 is 10.4 Å². The molecule has 96 valence electrons. The highest BCUT2D eigenvalue weighted by Crippen LogP contribution is 2.31. The van der Waals surface area contributed by atoms with Crippen LogP contribution in [0.1, 0.15) is 32.6 Å². The number of hydrogen-bond donors (Lipinski definition) is 3. The van der Waals surface area contributed by atoms with Crippen LogP contribution < -0.4 is 10.6 Å². The van der Waals surface area contributed by atoms with Gasteiger partial charge in [0.05, 0.1) is 18.7 Å². The van der Waals surface area contributed by atoms with Crippen LogP contribution in [0.15, 0.2) is 0 Å². The molecule has 0 aliphatic heterocycles. The highest BCUT2D eigenvalue weighted by atomic mass is 16.3. The predicted molar refractivity (Wildman–Crippen MR) is 67.3 cm³/mol. The maximum atomic E-state index is 11.4. The molecule has 0 saturated heterocycles. The molecule has 2 unspecified atom stereocenters. The Labute approximate surface area is 103 Å². The molecule has 1 aliphatic rings. The molecule has 1 amide bonds. The summed E-state index contributed by atoms with van der Waals surface area (Å²) in [5.74, 6) is 2.82. The number of terminal acetylenes is 1. The fraction of sp³-hybridized carbons (Fsp3) is 0.769. The third-order valence-electron chi connectivity index (χ3n) is 3.19. The molecule has 0 spiro atoms. The lowest BCUT2D eigenvalue weighted by atomic mass is 9.79. The molecular weight excluding hydrogens is 216 g/mol. The zero-order chi connectivity index (χ0) is 12.7. The first kappa shape index (κ1) is 14.0. The first-order valence-corrected chi connectivity index (χ1v) is 6.19. The molecule has 17 heavy (non-hydrogen) atoms. The Balaban J connectivity index is 2.24. The van der Waals surface area contributed by atoms with Crippen LogP contribution in [0.25, 0.3) is 0 Å². The fourth-order valence-corrected chi connectivity index (χ4v) is 2.37. The van der Waals surface area contributed by atoms with Gasteiger partial charge in [-0.25, -0.2) is 0 Å². The van der Waals surface area contributed by atoms with Crippen molar-refractivity contribution in [3.63, 3.8) is 0 Å². The van der Waals surface area contributed by atoms with E-state index >= 15 is 0 Å². The average Bonchev–Trinajstić information content (AvgIpc) is 2.27. The lowest BCUT2D eigenvalue weighted by Crippen LogP contribution is -2.47. The van der Waals surface area contributed by atoms with Crippen LogP contribution in [-0.4, -0.2) is 36.2 Å². The van der Waals surface area contributed by atoms with Crippen LogP contribution in [0.2, 0.25) is 0 Å². The zero-order valence-corrected chi connectivity index (χ0v) is 10.5. The normalized spacial score (nSPS) is 28.4. The summed E-state index contributed by atoms with van der Waals surface area (Å²) in [4.78, 5) is 11.4. The van der Waals surface area contributed by atoms with Crippen molar-refractivity contribution in [1.29, 1.82) is 0 Å². The molecule has 2 atom stereocenters. The molecule has 1 rings (SSSR count). The Bertz CT molecular complexity index is 298. The molecule has 0 heterocycles. The van der Waals surface area contributed by atoms with E-state index in [-0.39, 0.29) is 12.5 Å². The smallest absolute Gasteiger partial charge is 0.234 e. The van der Waals surface area contributed by atoms with Gasteiger partial charge in [-0.2, -0.15) is 0 Å². The first-order valence-electron chi connectivity index (χ1n) is 6.19. The molecular formula is C13H22N2O2. The van der Waals surface area contributed by atoms with E-state index in [1.807, 2.05) is 0 Å². The molecule has 0 radical (unpaired) electrons. The van der Waals surface area contributed by atoms with Crippen molar-refractivity contribution in [2.45, 2.75) is 38.2 Å². The summed E-state index contributed by atoms with van der Waals surface area (Å²) in [6, 6.07) is 0. The molecule has 1 saturated carbocycles.